The molecule has 1 heterocycles. The van der Waals surface area contributed by atoms with Gasteiger partial charge in [-0.15, -0.1) is 0 Å². The molecule has 0 bridgehead atoms. The lowest BCUT2D eigenvalue weighted by Gasteiger charge is -2.06. The summed E-state index contributed by atoms with van der Waals surface area (Å²) in [5, 5.41) is 7.64. The normalized spacial score (nSPS) is 11.7. The molecule has 0 atom stereocenters. The van der Waals surface area contributed by atoms with Crippen LogP contribution >= 0.6 is 23.2 Å². The Morgan fingerprint density at radius 3 is 2.59 bits per heavy atom. The van der Waals surface area contributed by atoms with E-state index in [0.717, 1.165) is 11.3 Å². The van der Waals surface area contributed by atoms with Gasteiger partial charge < -0.3 is 0 Å². The van der Waals surface area contributed by atoms with Crippen molar-refractivity contribution in [2.45, 2.75) is 6.92 Å². The van der Waals surface area contributed by atoms with Crippen LogP contribution in [0.25, 0.3) is 10.8 Å². The smallest absolute Gasteiger partial charge is 0.165 e. The van der Waals surface area contributed by atoms with Gasteiger partial charge in [0.05, 0.1) is 15.8 Å². The summed E-state index contributed by atoms with van der Waals surface area (Å²) in [5.74, 6) is 0.478. The maximum absolute atomic E-state index is 6.06. The summed E-state index contributed by atoms with van der Waals surface area (Å²) in [6, 6.07) is 16.1. The summed E-state index contributed by atoms with van der Waals surface area (Å²) in [4.78, 5) is 4.11. The van der Waals surface area contributed by atoms with Crippen LogP contribution in [0.15, 0.2) is 59.8 Å². The third kappa shape index (κ3) is 3.21. The number of aromatic nitrogens is 1. The Morgan fingerprint density at radius 1 is 1.05 bits per heavy atom. The Labute approximate surface area is 138 Å². The minimum Gasteiger partial charge on any atom is -0.260 e. The predicted molar refractivity (Wildman–Crippen MR) is 94.0 cm³/mol. The van der Waals surface area contributed by atoms with E-state index < -0.39 is 0 Å². The number of nitrogens with zero attached hydrogens (tertiary/aromatic N) is 2. The van der Waals surface area contributed by atoms with Crippen LogP contribution in [0.5, 0.6) is 0 Å². The lowest BCUT2D eigenvalue weighted by molar-refractivity contribution is 1.22. The highest BCUT2D eigenvalue weighted by Gasteiger charge is 2.03. The van der Waals surface area contributed by atoms with Crippen LogP contribution in [0, 0.1) is 0 Å². The van der Waals surface area contributed by atoms with Crippen LogP contribution in [0.4, 0.5) is 5.82 Å². The van der Waals surface area contributed by atoms with Gasteiger partial charge in [0.2, 0.25) is 0 Å². The maximum atomic E-state index is 6.06. The van der Waals surface area contributed by atoms with E-state index in [1.54, 1.807) is 6.07 Å². The van der Waals surface area contributed by atoms with Gasteiger partial charge in [0, 0.05) is 6.20 Å². The SMILES string of the molecule is CC(=NNc1ncc(Cl)cc1Cl)c1ccc2ccccc2c1. The van der Waals surface area contributed by atoms with Crippen LogP contribution in [-0.2, 0) is 0 Å². The minimum absolute atomic E-state index is 0.433. The standard InChI is InChI=1S/C17H13Cl2N3/c1-11(21-22-17-16(19)9-15(18)10-20-17)13-7-6-12-4-2-3-5-14(12)8-13/h2-10H,1H3,(H,20,22). The van der Waals surface area contributed by atoms with Crippen LogP contribution in [-0.4, -0.2) is 10.7 Å². The number of pyridine rings is 1. The van der Waals surface area contributed by atoms with Crippen molar-refractivity contribution < 1.29 is 0 Å². The third-order valence-corrected chi connectivity index (χ3v) is 3.80. The van der Waals surface area contributed by atoms with Crippen molar-refractivity contribution in [1.82, 2.24) is 4.98 Å². The van der Waals surface area contributed by atoms with Gasteiger partial charge in [0.25, 0.3) is 0 Å². The first-order valence-electron chi connectivity index (χ1n) is 6.74. The molecule has 110 valence electrons. The monoisotopic (exact) mass is 329 g/mol. The summed E-state index contributed by atoms with van der Waals surface area (Å²) in [6.07, 6.45) is 1.52. The molecule has 3 nitrogen and oxygen atoms in total. The quantitative estimate of drug-likeness (QED) is 0.517. The van der Waals surface area contributed by atoms with E-state index >= 15 is 0 Å². The van der Waals surface area contributed by atoms with E-state index in [0.29, 0.717) is 15.9 Å². The van der Waals surface area contributed by atoms with Crippen LogP contribution in [0.3, 0.4) is 0 Å². The van der Waals surface area contributed by atoms with Crippen molar-refractivity contribution in [1.29, 1.82) is 0 Å². The van der Waals surface area contributed by atoms with Gasteiger partial charge in [-0.1, -0.05) is 59.6 Å². The summed E-state index contributed by atoms with van der Waals surface area (Å²) < 4.78 is 0. The lowest BCUT2D eigenvalue weighted by Crippen LogP contribution is -2.01. The highest BCUT2D eigenvalue weighted by molar-refractivity contribution is 6.35. The highest BCUT2D eigenvalue weighted by atomic mass is 35.5. The van der Waals surface area contributed by atoms with Gasteiger partial charge in [-0.25, -0.2) is 4.98 Å². The minimum atomic E-state index is 0.433. The van der Waals surface area contributed by atoms with Crippen LogP contribution in [0.1, 0.15) is 12.5 Å². The molecule has 0 saturated heterocycles. The number of rotatable bonds is 3. The zero-order chi connectivity index (χ0) is 15.5. The molecule has 0 spiro atoms. The van der Waals surface area contributed by atoms with Gasteiger partial charge in [0.15, 0.2) is 5.82 Å². The zero-order valence-corrected chi connectivity index (χ0v) is 13.4. The Balaban J connectivity index is 1.86. The first-order chi connectivity index (χ1) is 10.6. The van der Waals surface area contributed by atoms with E-state index in [1.807, 2.05) is 25.1 Å². The first kappa shape index (κ1) is 14.8. The second-order valence-electron chi connectivity index (χ2n) is 4.85. The molecule has 0 fully saturated rings. The van der Waals surface area contributed by atoms with Gasteiger partial charge in [-0.3, -0.25) is 5.43 Å². The number of hydrogen-bond acceptors (Lipinski definition) is 3. The average Bonchev–Trinajstić information content (AvgIpc) is 2.53. The maximum Gasteiger partial charge on any atom is 0.165 e. The summed E-state index contributed by atoms with van der Waals surface area (Å²) >= 11 is 11.9. The molecule has 0 aliphatic heterocycles. The first-order valence-corrected chi connectivity index (χ1v) is 7.49. The number of hydrazone groups is 1. The number of nitrogens with one attached hydrogen (secondary N) is 1. The lowest BCUT2D eigenvalue weighted by atomic mass is 10.0. The zero-order valence-electron chi connectivity index (χ0n) is 11.8. The third-order valence-electron chi connectivity index (χ3n) is 3.30. The molecule has 1 N–H and O–H groups in total. The second-order valence-corrected chi connectivity index (χ2v) is 5.70. The fraction of sp³-hybridized carbons (Fsp3) is 0.0588. The fourth-order valence-electron chi connectivity index (χ4n) is 2.11. The van der Waals surface area contributed by atoms with E-state index in [2.05, 4.69) is 39.8 Å². The average molecular weight is 330 g/mol. The highest BCUT2D eigenvalue weighted by Crippen LogP contribution is 2.22. The van der Waals surface area contributed by atoms with Gasteiger partial charge in [0.1, 0.15) is 0 Å². The van der Waals surface area contributed by atoms with Crippen molar-refractivity contribution in [3.63, 3.8) is 0 Å². The topological polar surface area (TPSA) is 37.3 Å². The Hall–Kier alpha value is -2.10. The van der Waals surface area contributed by atoms with Crippen molar-refractivity contribution in [2.24, 2.45) is 5.10 Å². The molecule has 2 aromatic carbocycles. The molecule has 0 aliphatic rings. The summed E-state index contributed by atoms with van der Waals surface area (Å²) in [6.45, 7) is 1.93. The largest absolute Gasteiger partial charge is 0.260 e. The van der Waals surface area contributed by atoms with E-state index in [-0.39, 0.29) is 0 Å². The number of anilines is 1. The fourth-order valence-corrected chi connectivity index (χ4v) is 2.53. The van der Waals surface area contributed by atoms with Crippen LogP contribution in [0.2, 0.25) is 10.0 Å². The molecule has 3 rings (SSSR count). The molecule has 5 heteroatoms. The van der Waals surface area contributed by atoms with Crippen LogP contribution < -0.4 is 5.43 Å². The molecule has 0 amide bonds. The van der Waals surface area contributed by atoms with E-state index in [9.17, 15) is 0 Å². The molecule has 0 radical (unpaired) electrons. The van der Waals surface area contributed by atoms with Gasteiger partial charge in [-0.2, -0.15) is 5.10 Å². The Bertz CT molecular complexity index is 859. The molecule has 22 heavy (non-hydrogen) atoms. The molecule has 0 aliphatic carbocycles. The Kier molecular flexibility index (Phi) is 4.27. The van der Waals surface area contributed by atoms with Gasteiger partial charge in [-0.05, 0) is 35.4 Å². The second kappa shape index (κ2) is 6.34. The number of fused-ring (bicyclic) bond motifs is 1. The molecule has 0 unspecified atom stereocenters. The molecular formula is C17H13Cl2N3. The number of hydrogen-bond donors (Lipinski definition) is 1. The molecule has 1 aromatic heterocycles. The summed E-state index contributed by atoms with van der Waals surface area (Å²) in [5.41, 5.74) is 4.76. The molecule has 3 aromatic rings. The Morgan fingerprint density at radius 2 is 1.82 bits per heavy atom. The number of benzene rings is 2. The molecular weight excluding hydrogens is 317 g/mol. The van der Waals surface area contributed by atoms with Crippen molar-refractivity contribution >= 4 is 45.5 Å². The van der Waals surface area contributed by atoms with E-state index in [4.69, 9.17) is 23.2 Å². The molecule has 0 saturated carbocycles. The van der Waals surface area contributed by atoms with Crippen molar-refractivity contribution in [2.75, 3.05) is 5.43 Å². The van der Waals surface area contributed by atoms with Crippen molar-refractivity contribution in [3.05, 3.63) is 70.3 Å². The van der Waals surface area contributed by atoms with Gasteiger partial charge >= 0.3 is 0 Å². The number of halogens is 2. The van der Waals surface area contributed by atoms with Crippen molar-refractivity contribution in [3.8, 4) is 0 Å². The van der Waals surface area contributed by atoms with E-state index in [1.165, 1.54) is 17.0 Å². The predicted octanol–water partition coefficient (Wildman–Crippen LogP) is 5.38. The summed E-state index contributed by atoms with van der Waals surface area (Å²) in [7, 11) is 0.